The first-order chi connectivity index (χ1) is 3.39. The van der Waals surface area contributed by atoms with Gasteiger partial charge in [0.25, 0.3) is 0 Å². The first kappa shape index (κ1) is 12.0. The van der Waals surface area contributed by atoms with Crippen LogP contribution in [0.3, 0.4) is 0 Å². The first-order valence-electron chi connectivity index (χ1n) is 2.01. The smallest absolute Gasteiger partial charge is 0.236 e. The Morgan fingerprint density at radius 2 is 1.67 bits per heavy atom. The third-order valence-corrected chi connectivity index (χ3v) is 0.678. The van der Waals surface area contributed by atoms with Crippen molar-refractivity contribution >= 4 is 18.9 Å². The summed E-state index contributed by atoms with van der Waals surface area (Å²) < 4.78 is 11.9. The third kappa shape index (κ3) is 4.75. The first-order valence-corrected chi connectivity index (χ1v) is 2.01. The van der Waals surface area contributed by atoms with Crippen LogP contribution in [0.2, 0.25) is 0 Å². The van der Waals surface area contributed by atoms with E-state index in [1.807, 2.05) is 0 Å². The molecule has 0 saturated carbocycles. The van der Waals surface area contributed by atoms with Crippen LogP contribution in [0.15, 0.2) is 24.3 Å². The summed E-state index contributed by atoms with van der Waals surface area (Å²) >= 11 is 0. The molecular formula is C6H4CuFLi. The molecule has 0 amide bonds. The van der Waals surface area contributed by atoms with E-state index in [-0.39, 0.29) is 41.7 Å². The predicted octanol–water partition coefficient (Wildman–Crippen LogP) is 1.24. The Bertz CT molecular complexity index is 143. The fraction of sp³-hybridized carbons (Fsp3) is 0. The van der Waals surface area contributed by atoms with Gasteiger partial charge in [-0.1, -0.05) is 0 Å². The van der Waals surface area contributed by atoms with E-state index >= 15 is 0 Å². The standard InChI is InChI=1S/C6H4F.Cu.Li/c7-6-4-2-1-3-5-6;;/h2-5H;;/q-1;+1;. The fourth-order valence-corrected chi connectivity index (χ4v) is 0.367. The average molecular weight is 166 g/mol. The van der Waals surface area contributed by atoms with Crippen LogP contribution in [0.1, 0.15) is 0 Å². The molecule has 0 aromatic heterocycles. The van der Waals surface area contributed by atoms with E-state index in [4.69, 9.17) is 0 Å². The fourth-order valence-electron chi connectivity index (χ4n) is 0.367. The van der Waals surface area contributed by atoms with Crippen LogP contribution in [-0.2, 0) is 17.1 Å². The third-order valence-electron chi connectivity index (χ3n) is 0.678. The van der Waals surface area contributed by atoms with E-state index in [0.29, 0.717) is 0 Å². The van der Waals surface area contributed by atoms with E-state index in [9.17, 15) is 4.39 Å². The maximum Gasteiger partial charge on any atom is 1.00 e. The molecule has 1 aromatic carbocycles. The molecule has 0 N–H and O–H groups in total. The Morgan fingerprint density at radius 3 is 1.89 bits per heavy atom. The summed E-state index contributed by atoms with van der Waals surface area (Å²) in [6.07, 6.45) is 0. The molecular weight excluding hydrogens is 162 g/mol. The molecule has 0 aliphatic carbocycles. The molecule has 0 nitrogen and oxygen atoms in total. The van der Waals surface area contributed by atoms with E-state index in [2.05, 4.69) is 6.07 Å². The van der Waals surface area contributed by atoms with Gasteiger partial charge in [0.2, 0.25) is 0 Å². The minimum absolute atomic E-state index is 0. The van der Waals surface area contributed by atoms with Gasteiger partial charge in [-0.15, -0.1) is 12.1 Å². The van der Waals surface area contributed by atoms with E-state index in [1.54, 1.807) is 0 Å². The summed E-state index contributed by atoms with van der Waals surface area (Å²) in [7, 11) is 0. The van der Waals surface area contributed by atoms with Crippen molar-refractivity contribution < 1.29 is 21.5 Å². The minimum atomic E-state index is -0.209. The number of hydrogen-bond acceptors (Lipinski definition) is 0. The maximum atomic E-state index is 11.9. The van der Waals surface area contributed by atoms with Crippen LogP contribution in [0.25, 0.3) is 0 Å². The second kappa shape index (κ2) is 6.39. The quantitative estimate of drug-likeness (QED) is 0.401. The molecule has 0 aliphatic heterocycles. The SMILES string of the molecule is Fc1cc[c-]cc1.[Cu+].[Li]. The van der Waals surface area contributed by atoms with Crippen molar-refractivity contribution in [2.24, 2.45) is 0 Å². The van der Waals surface area contributed by atoms with E-state index < -0.39 is 0 Å². The Kier molecular flexibility index (Phi) is 8.51. The molecule has 1 aromatic rings. The molecule has 0 heterocycles. The van der Waals surface area contributed by atoms with Crippen LogP contribution in [0.4, 0.5) is 4.39 Å². The van der Waals surface area contributed by atoms with Crippen LogP contribution in [-0.4, -0.2) is 18.9 Å². The van der Waals surface area contributed by atoms with Crippen molar-refractivity contribution in [2.45, 2.75) is 0 Å². The summed E-state index contributed by atoms with van der Waals surface area (Å²) in [5.74, 6) is -0.209. The van der Waals surface area contributed by atoms with E-state index in [0.717, 1.165) is 0 Å². The summed E-state index contributed by atoms with van der Waals surface area (Å²) in [4.78, 5) is 0. The van der Waals surface area contributed by atoms with Gasteiger partial charge >= 0.3 is 17.1 Å². The zero-order valence-electron chi connectivity index (χ0n) is 4.99. The van der Waals surface area contributed by atoms with Gasteiger partial charge < -0.3 is 0 Å². The molecule has 0 atom stereocenters. The van der Waals surface area contributed by atoms with Crippen molar-refractivity contribution in [3.8, 4) is 0 Å². The van der Waals surface area contributed by atoms with Gasteiger partial charge in [-0.25, -0.2) is 4.39 Å². The monoisotopic (exact) mass is 165 g/mol. The zero-order valence-corrected chi connectivity index (χ0v) is 5.93. The molecule has 0 saturated heterocycles. The Hall–Kier alpha value is 0.267. The van der Waals surface area contributed by atoms with Gasteiger partial charge in [-0.3, -0.25) is 0 Å². The van der Waals surface area contributed by atoms with Crippen molar-refractivity contribution in [3.05, 3.63) is 36.1 Å². The number of benzene rings is 1. The van der Waals surface area contributed by atoms with Crippen LogP contribution in [0.5, 0.6) is 0 Å². The average Bonchev–Trinajstić information content (AvgIpc) is 1.69. The van der Waals surface area contributed by atoms with Gasteiger partial charge in [-0.05, 0) is 0 Å². The summed E-state index contributed by atoms with van der Waals surface area (Å²) in [5.41, 5.74) is 0. The molecule has 47 valence electrons. The van der Waals surface area contributed by atoms with Gasteiger partial charge in [-0.2, -0.15) is 18.2 Å². The van der Waals surface area contributed by atoms with Crippen molar-refractivity contribution in [1.82, 2.24) is 0 Å². The Morgan fingerprint density at radius 1 is 1.22 bits per heavy atom. The molecule has 0 unspecified atom stereocenters. The van der Waals surface area contributed by atoms with Gasteiger partial charge in [0.05, 0.1) is 0 Å². The molecule has 9 heavy (non-hydrogen) atoms. The van der Waals surface area contributed by atoms with Crippen molar-refractivity contribution in [2.75, 3.05) is 0 Å². The van der Waals surface area contributed by atoms with E-state index in [1.165, 1.54) is 24.3 Å². The second-order valence-corrected chi connectivity index (χ2v) is 1.22. The number of halogens is 1. The van der Waals surface area contributed by atoms with Gasteiger partial charge in [0.15, 0.2) is 0 Å². The topological polar surface area (TPSA) is 0 Å². The van der Waals surface area contributed by atoms with Crippen LogP contribution in [0, 0.1) is 11.9 Å². The second-order valence-electron chi connectivity index (χ2n) is 1.22. The number of hydrogen-bond donors (Lipinski definition) is 0. The molecule has 3 heteroatoms. The van der Waals surface area contributed by atoms with Crippen LogP contribution >= 0.6 is 0 Å². The van der Waals surface area contributed by atoms with Gasteiger partial charge in [0.1, 0.15) is 0 Å². The Labute approximate surface area is 76.5 Å². The molecule has 0 bridgehead atoms. The maximum absolute atomic E-state index is 11.9. The predicted molar refractivity (Wildman–Crippen MR) is 31.0 cm³/mol. The summed E-state index contributed by atoms with van der Waals surface area (Å²) in [5, 5.41) is 0. The Balaban J connectivity index is 0. The zero-order chi connectivity index (χ0) is 5.11. The largest absolute Gasteiger partial charge is 1.00 e. The molecule has 1 radical (unpaired) electrons. The summed E-state index contributed by atoms with van der Waals surface area (Å²) in [6.45, 7) is 0. The summed E-state index contributed by atoms with van der Waals surface area (Å²) in [6, 6.07) is 8.49. The minimum Gasteiger partial charge on any atom is -0.236 e. The molecule has 1 rings (SSSR count). The van der Waals surface area contributed by atoms with Gasteiger partial charge in [0, 0.05) is 24.7 Å². The molecule has 0 aliphatic rings. The van der Waals surface area contributed by atoms with Crippen molar-refractivity contribution in [3.63, 3.8) is 0 Å². The number of rotatable bonds is 0. The molecule has 0 fully saturated rings. The van der Waals surface area contributed by atoms with Crippen LogP contribution < -0.4 is 0 Å². The molecule has 0 spiro atoms. The normalized spacial score (nSPS) is 6.78. The van der Waals surface area contributed by atoms with Crippen molar-refractivity contribution in [1.29, 1.82) is 0 Å².